The lowest BCUT2D eigenvalue weighted by Gasteiger charge is -2.13. The van der Waals surface area contributed by atoms with Gasteiger partial charge in [-0.25, -0.2) is 9.97 Å². The average molecular weight is 371 g/mol. The van der Waals surface area contributed by atoms with Crippen molar-refractivity contribution in [3.8, 4) is 5.69 Å². The topological polar surface area (TPSA) is 51.0 Å². The van der Waals surface area contributed by atoms with Gasteiger partial charge >= 0.3 is 0 Å². The first-order valence-corrected chi connectivity index (χ1v) is 8.89. The highest BCUT2D eigenvalue weighted by Gasteiger charge is 2.17. The Morgan fingerprint density at radius 2 is 2.00 bits per heavy atom. The molecule has 7 heteroatoms. The first kappa shape index (κ1) is 16.1. The van der Waals surface area contributed by atoms with E-state index in [9.17, 15) is 4.79 Å². The number of nitrogens with zero attached hydrogens (tertiary/aromatic N) is 4. The summed E-state index contributed by atoms with van der Waals surface area (Å²) < 4.78 is 2.12. The number of aryl methyl sites for hydroxylation is 1. The van der Waals surface area contributed by atoms with Crippen LogP contribution in [0.4, 0.5) is 5.69 Å². The maximum Gasteiger partial charge on any atom is 0.275 e. The van der Waals surface area contributed by atoms with Crippen molar-refractivity contribution in [1.29, 1.82) is 0 Å². The van der Waals surface area contributed by atoms with E-state index in [1.54, 1.807) is 18.6 Å². The van der Waals surface area contributed by atoms with Crippen LogP contribution in [0.25, 0.3) is 26.1 Å². The predicted molar refractivity (Wildman–Crippen MR) is 105 cm³/mol. The molecule has 0 aliphatic carbocycles. The molecule has 0 spiro atoms. The third kappa shape index (κ3) is 2.49. The van der Waals surface area contributed by atoms with Gasteiger partial charge in [0.05, 0.1) is 22.3 Å². The highest BCUT2D eigenvalue weighted by Crippen LogP contribution is 2.35. The number of fused-ring (bicyclic) bond motifs is 3. The molecule has 1 aromatic carbocycles. The van der Waals surface area contributed by atoms with Crippen molar-refractivity contribution in [1.82, 2.24) is 14.5 Å². The highest BCUT2D eigenvalue weighted by atomic mass is 35.5. The van der Waals surface area contributed by atoms with Crippen LogP contribution in [-0.4, -0.2) is 28.6 Å². The minimum atomic E-state index is -0.113. The van der Waals surface area contributed by atoms with E-state index in [1.807, 2.05) is 44.1 Å². The van der Waals surface area contributed by atoms with Crippen molar-refractivity contribution in [2.75, 3.05) is 19.0 Å². The number of aromatic nitrogens is 3. The van der Waals surface area contributed by atoms with E-state index in [2.05, 4.69) is 9.97 Å². The molecule has 0 bridgehead atoms. The number of thiophene rings is 1. The summed E-state index contributed by atoms with van der Waals surface area (Å²) >= 11 is 7.57. The standard InChI is InChI=1S/C18H15ClN4OS/c1-10-4-5-11(8-12(10)19)23-9-21-15-14-13(22(2)3)6-7-20-17(14)25-16(15)18(23)24/h4-9H,1-3H3. The quantitative estimate of drug-likeness (QED) is 0.534. The monoisotopic (exact) mass is 370 g/mol. The summed E-state index contributed by atoms with van der Waals surface area (Å²) in [5.41, 5.74) is 3.25. The van der Waals surface area contributed by atoms with Crippen molar-refractivity contribution in [3.63, 3.8) is 0 Å². The summed E-state index contributed by atoms with van der Waals surface area (Å²) in [6.45, 7) is 1.93. The average Bonchev–Trinajstić information content (AvgIpc) is 2.97. The van der Waals surface area contributed by atoms with Crippen LogP contribution in [0.1, 0.15) is 5.56 Å². The smallest absolute Gasteiger partial charge is 0.275 e. The summed E-state index contributed by atoms with van der Waals surface area (Å²) in [7, 11) is 3.93. The van der Waals surface area contributed by atoms with Crippen LogP contribution in [-0.2, 0) is 0 Å². The van der Waals surface area contributed by atoms with Gasteiger partial charge in [-0.3, -0.25) is 9.36 Å². The van der Waals surface area contributed by atoms with E-state index in [4.69, 9.17) is 11.6 Å². The second-order valence-electron chi connectivity index (χ2n) is 6.04. The molecule has 0 N–H and O–H groups in total. The summed E-state index contributed by atoms with van der Waals surface area (Å²) in [5, 5.41) is 1.54. The Morgan fingerprint density at radius 3 is 2.72 bits per heavy atom. The lowest BCUT2D eigenvalue weighted by molar-refractivity contribution is 0.966. The minimum absolute atomic E-state index is 0.113. The zero-order valence-electron chi connectivity index (χ0n) is 13.9. The van der Waals surface area contributed by atoms with Crippen LogP contribution in [0.15, 0.2) is 41.6 Å². The first-order valence-electron chi connectivity index (χ1n) is 7.70. The van der Waals surface area contributed by atoms with E-state index >= 15 is 0 Å². The summed E-state index contributed by atoms with van der Waals surface area (Å²) in [5.74, 6) is 0. The van der Waals surface area contributed by atoms with E-state index in [-0.39, 0.29) is 5.56 Å². The first-order chi connectivity index (χ1) is 12.0. The summed E-state index contributed by atoms with van der Waals surface area (Å²) in [6.07, 6.45) is 3.32. The number of benzene rings is 1. The largest absolute Gasteiger partial charge is 0.377 e. The SMILES string of the molecule is Cc1ccc(-n2cnc3c(sc4nccc(N(C)C)c43)c2=O)cc1Cl. The molecule has 0 aliphatic heterocycles. The van der Waals surface area contributed by atoms with Crippen molar-refractivity contribution in [2.45, 2.75) is 6.92 Å². The van der Waals surface area contributed by atoms with E-state index in [0.29, 0.717) is 20.9 Å². The zero-order chi connectivity index (χ0) is 17.7. The van der Waals surface area contributed by atoms with Gasteiger partial charge in [0.2, 0.25) is 0 Å². The number of rotatable bonds is 2. The van der Waals surface area contributed by atoms with E-state index in [1.165, 1.54) is 15.9 Å². The third-order valence-corrected chi connectivity index (χ3v) is 5.66. The molecular weight excluding hydrogens is 356 g/mol. The molecular formula is C18H15ClN4OS. The van der Waals surface area contributed by atoms with Crippen molar-refractivity contribution in [3.05, 3.63) is 57.7 Å². The lowest BCUT2D eigenvalue weighted by atomic mass is 10.2. The van der Waals surface area contributed by atoms with Gasteiger partial charge in [-0.05, 0) is 30.7 Å². The van der Waals surface area contributed by atoms with E-state index < -0.39 is 0 Å². The van der Waals surface area contributed by atoms with Crippen molar-refractivity contribution < 1.29 is 0 Å². The maximum atomic E-state index is 13.0. The van der Waals surface area contributed by atoms with Crippen LogP contribution in [0.5, 0.6) is 0 Å². The Hall–Kier alpha value is -2.44. The number of halogens is 1. The van der Waals surface area contributed by atoms with Crippen LogP contribution >= 0.6 is 22.9 Å². The van der Waals surface area contributed by atoms with Gasteiger partial charge < -0.3 is 4.90 Å². The van der Waals surface area contributed by atoms with Gasteiger partial charge in [-0.1, -0.05) is 17.7 Å². The van der Waals surface area contributed by atoms with Crippen molar-refractivity contribution in [2.24, 2.45) is 0 Å². The fourth-order valence-electron chi connectivity index (χ4n) is 2.83. The van der Waals surface area contributed by atoms with Crippen LogP contribution < -0.4 is 10.5 Å². The summed E-state index contributed by atoms with van der Waals surface area (Å²) in [6, 6.07) is 7.47. The van der Waals surface area contributed by atoms with Crippen LogP contribution in [0, 0.1) is 6.92 Å². The molecule has 4 aromatic rings. The highest BCUT2D eigenvalue weighted by molar-refractivity contribution is 7.25. The predicted octanol–water partition coefficient (Wildman–Crippen LogP) is 4.02. The van der Waals surface area contributed by atoms with E-state index in [0.717, 1.165) is 21.5 Å². The Kier molecular flexibility index (Phi) is 3.74. The van der Waals surface area contributed by atoms with Gasteiger partial charge in [0.15, 0.2) is 0 Å². The van der Waals surface area contributed by atoms with Crippen LogP contribution in [0.3, 0.4) is 0 Å². The molecule has 0 atom stereocenters. The zero-order valence-corrected chi connectivity index (χ0v) is 15.5. The molecule has 25 heavy (non-hydrogen) atoms. The van der Waals surface area contributed by atoms with Gasteiger partial charge in [0.25, 0.3) is 5.56 Å². The second kappa shape index (κ2) is 5.82. The van der Waals surface area contributed by atoms with Gasteiger partial charge in [-0.15, -0.1) is 11.3 Å². The fraction of sp³-hybridized carbons (Fsp3) is 0.167. The number of hydrogen-bond donors (Lipinski definition) is 0. The number of hydrogen-bond acceptors (Lipinski definition) is 5. The molecule has 0 saturated heterocycles. The van der Waals surface area contributed by atoms with Gasteiger partial charge in [0.1, 0.15) is 15.9 Å². The Labute approximate surface area is 153 Å². The molecule has 3 aromatic heterocycles. The molecule has 0 radical (unpaired) electrons. The molecule has 0 unspecified atom stereocenters. The normalized spacial score (nSPS) is 11.4. The Balaban J connectivity index is 2.03. The van der Waals surface area contributed by atoms with Crippen molar-refractivity contribution >= 4 is 49.1 Å². The van der Waals surface area contributed by atoms with Gasteiger partial charge in [0, 0.05) is 25.3 Å². The van der Waals surface area contributed by atoms with Crippen LogP contribution in [0.2, 0.25) is 5.02 Å². The fourth-order valence-corrected chi connectivity index (χ4v) is 4.05. The molecule has 0 aliphatic rings. The molecule has 0 fully saturated rings. The second-order valence-corrected chi connectivity index (χ2v) is 7.44. The Morgan fingerprint density at radius 1 is 1.20 bits per heavy atom. The summed E-state index contributed by atoms with van der Waals surface area (Å²) in [4.78, 5) is 24.8. The lowest BCUT2D eigenvalue weighted by Crippen LogP contribution is -2.17. The molecule has 0 amide bonds. The third-order valence-electron chi connectivity index (χ3n) is 4.18. The maximum absolute atomic E-state index is 13.0. The molecule has 5 nitrogen and oxygen atoms in total. The minimum Gasteiger partial charge on any atom is -0.377 e. The Bertz CT molecular complexity index is 1180. The molecule has 4 rings (SSSR count). The van der Waals surface area contributed by atoms with Gasteiger partial charge in [-0.2, -0.15) is 0 Å². The molecule has 126 valence electrons. The number of pyridine rings is 1. The number of anilines is 1. The molecule has 0 saturated carbocycles. The molecule has 3 heterocycles.